The number of sulfonamides is 1. The average Bonchev–Trinajstić information content (AvgIpc) is 2.88. The van der Waals surface area contributed by atoms with Crippen LogP contribution in [0.3, 0.4) is 0 Å². The Morgan fingerprint density at radius 2 is 1.82 bits per heavy atom. The van der Waals surface area contributed by atoms with Gasteiger partial charge in [0.15, 0.2) is 11.6 Å². The Bertz CT molecular complexity index is 1050. The summed E-state index contributed by atoms with van der Waals surface area (Å²) in [6.07, 6.45) is 8.58. The van der Waals surface area contributed by atoms with E-state index in [0.29, 0.717) is 56.8 Å². The van der Waals surface area contributed by atoms with Crippen LogP contribution in [0.25, 0.3) is 0 Å². The van der Waals surface area contributed by atoms with E-state index in [4.69, 9.17) is 9.47 Å². The molecule has 1 amide bonds. The van der Waals surface area contributed by atoms with E-state index in [2.05, 4.69) is 10.3 Å². The summed E-state index contributed by atoms with van der Waals surface area (Å²) in [7, 11) is -3.52. The Morgan fingerprint density at radius 3 is 2.56 bits per heavy atom. The largest absolute Gasteiger partial charge is 0.489 e. The minimum absolute atomic E-state index is 0.161. The lowest BCUT2D eigenvalue weighted by Crippen LogP contribution is -2.40. The zero-order valence-corrected chi connectivity index (χ0v) is 20.3. The van der Waals surface area contributed by atoms with Gasteiger partial charge >= 0.3 is 0 Å². The predicted molar refractivity (Wildman–Crippen MR) is 129 cm³/mol. The molecule has 1 aliphatic carbocycles. The highest BCUT2D eigenvalue weighted by molar-refractivity contribution is 7.89. The first-order valence-corrected chi connectivity index (χ1v) is 13.5. The number of pyridine rings is 1. The summed E-state index contributed by atoms with van der Waals surface area (Å²) >= 11 is 0. The molecule has 1 aromatic heterocycles. The van der Waals surface area contributed by atoms with Crippen LogP contribution in [-0.2, 0) is 26.0 Å². The molecule has 1 saturated heterocycles. The molecule has 4 rings (SSSR count). The first-order chi connectivity index (χ1) is 16.5. The van der Waals surface area contributed by atoms with Crippen LogP contribution in [0.2, 0.25) is 0 Å². The molecule has 184 valence electrons. The van der Waals surface area contributed by atoms with Crippen LogP contribution in [0.5, 0.6) is 5.75 Å². The molecule has 1 aliphatic heterocycles. The van der Waals surface area contributed by atoms with E-state index in [1.54, 1.807) is 36.5 Å². The van der Waals surface area contributed by atoms with Gasteiger partial charge in [-0.25, -0.2) is 13.4 Å². The first-order valence-electron chi connectivity index (χ1n) is 12.1. The number of aryl methyl sites for hydroxylation is 1. The molecular weight excluding hydrogens is 454 g/mol. The molecule has 0 bridgehead atoms. The zero-order valence-electron chi connectivity index (χ0n) is 19.4. The van der Waals surface area contributed by atoms with Crippen molar-refractivity contribution < 1.29 is 22.7 Å². The van der Waals surface area contributed by atoms with Gasteiger partial charge in [-0.2, -0.15) is 4.31 Å². The number of anilines is 1. The van der Waals surface area contributed by atoms with E-state index >= 15 is 0 Å². The maximum atomic E-state index is 12.7. The summed E-state index contributed by atoms with van der Waals surface area (Å²) in [5, 5.41) is 2.86. The molecule has 0 atom stereocenters. The van der Waals surface area contributed by atoms with Gasteiger partial charge in [-0.15, -0.1) is 0 Å². The van der Waals surface area contributed by atoms with Gasteiger partial charge in [0.25, 0.3) is 0 Å². The van der Waals surface area contributed by atoms with Gasteiger partial charge in [0.2, 0.25) is 15.9 Å². The van der Waals surface area contributed by atoms with Crippen molar-refractivity contribution in [3.63, 3.8) is 0 Å². The third-order valence-electron chi connectivity index (χ3n) is 6.40. The van der Waals surface area contributed by atoms with Crippen LogP contribution in [0.1, 0.15) is 44.1 Å². The van der Waals surface area contributed by atoms with Gasteiger partial charge in [-0.3, -0.25) is 4.79 Å². The van der Waals surface area contributed by atoms with E-state index in [-0.39, 0.29) is 17.2 Å². The van der Waals surface area contributed by atoms with Crippen molar-refractivity contribution in [2.75, 3.05) is 38.2 Å². The smallest absolute Gasteiger partial charge is 0.243 e. The standard InChI is InChI=1S/C25H33N3O5S/c29-24(27-25-23(7-4-14-26-25)33-19-21-5-2-1-3-6-21)13-10-20-8-11-22(12-9-20)34(30,31)28-15-17-32-18-16-28/h4,7-9,11-12,14,21H,1-3,5-6,10,13,15-19H2,(H,26,27,29). The summed E-state index contributed by atoms with van der Waals surface area (Å²) in [5.74, 6) is 1.44. The van der Waals surface area contributed by atoms with Gasteiger partial charge in [0.05, 0.1) is 24.7 Å². The van der Waals surface area contributed by atoms with Gasteiger partial charge in [-0.1, -0.05) is 31.4 Å². The van der Waals surface area contributed by atoms with Crippen molar-refractivity contribution in [3.05, 3.63) is 48.2 Å². The van der Waals surface area contributed by atoms with Gasteiger partial charge in [0.1, 0.15) is 0 Å². The lowest BCUT2D eigenvalue weighted by Gasteiger charge is -2.26. The number of ether oxygens (including phenoxy) is 2. The highest BCUT2D eigenvalue weighted by atomic mass is 32.2. The number of nitrogens with zero attached hydrogens (tertiary/aromatic N) is 2. The van der Waals surface area contributed by atoms with Crippen molar-refractivity contribution in [3.8, 4) is 5.75 Å². The Labute approximate surface area is 201 Å². The average molecular weight is 488 g/mol. The number of benzene rings is 1. The molecule has 1 saturated carbocycles. The van der Waals surface area contributed by atoms with E-state index in [0.717, 1.165) is 5.56 Å². The lowest BCUT2D eigenvalue weighted by atomic mass is 9.90. The van der Waals surface area contributed by atoms with Crippen LogP contribution in [0.4, 0.5) is 5.82 Å². The molecule has 8 nitrogen and oxygen atoms in total. The summed E-state index contributed by atoms with van der Waals surface area (Å²) in [4.78, 5) is 17.1. The lowest BCUT2D eigenvalue weighted by molar-refractivity contribution is -0.116. The second kappa shape index (κ2) is 11.8. The number of hydrogen-bond donors (Lipinski definition) is 1. The first kappa shape index (κ1) is 24.6. The van der Waals surface area contributed by atoms with Crippen LogP contribution < -0.4 is 10.1 Å². The maximum Gasteiger partial charge on any atom is 0.243 e. The highest BCUT2D eigenvalue weighted by Crippen LogP contribution is 2.27. The van der Waals surface area contributed by atoms with Crippen LogP contribution >= 0.6 is 0 Å². The van der Waals surface area contributed by atoms with Gasteiger partial charge in [0, 0.05) is 25.7 Å². The predicted octanol–water partition coefficient (Wildman–Crippen LogP) is 3.63. The molecule has 0 unspecified atom stereocenters. The monoisotopic (exact) mass is 487 g/mol. The van der Waals surface area contributed by atoms with E-state index in [9.17, 15) is 13.2 Å². The molecule has 1 aromatic carbocycles. The summed E-state index contributed by atoms with van der Waals surface area (Å²) in [6, 6.07) is 10.4. The van der Waals surface area contributed by atoms with Crippen LogP contribution in [-0.4, -0.2) is 56.5 Å². The minimum atomic E-state index is -3.52. The molecular formula is C25H33N3O5S. The fourth-order valence-corrected chi connectivity index (χ4v) is 5.79. The van der Waals surface area contributed by atoms with E-state index in [1.807, 2.05) is 6.07 Å². The summed E-state index contributed by atoms with van der Waals surface area (Å²) in [6.45, 7) is 2.20. The number of aromatic nitrogens is 1. The van der Waals surface area contributed by atoms with Gasteiger partial charge in [-0.05, 0) is 55.0 Å². The molecule has 2 heterocycles. The van der Waals surface area contributed by atoms with Crippen molar-refractivity contribution in [2.24, 2.45) is 5.92 Å². The molecule has 2 aliphatic rings. The van der Waals surface area contributed by atoms with Crippen LogP contribution in [0, 0.1) is 5.92 Å². The van der Waals surface area contributed by atoms with Gasteiger partial charge < -0.3 is 14.8 Å². The molecule has 34 heavy (non-hydrogen) atoms. The van der Waals surface area contributed by atoms with Crippen molar-refractivity contribution >= 4 is 21.7 Å². The fraction of sp³-hybridized carbons (Fsp3) is 0.520. The number of carbonyl (C=O) groups excluding carboxylic acids is 1. The number of carbonyl (C=O) groups is 1. The quantitative estimate of drug-likeness (QED) is 0.580. The second-order valence-corrected chi connectivity index (χ2v) is 10.8. The maximum absolute atomic E-state index is 12.7. The Morgan fingerprint density at radius 1 is 1.09 bits per heavy atom. The highest BCUT2D eigenvalue weighted by Gasteiger charge is 2.26. The van der Waals surface area contributed by atoms with Crippen molar-refractivity contribution in [1.82, 2.24) is 9.29 Å². The summed E-state index contributed by atoms with van der Waals surface area (Å²) in [5.41, 5.74) is 0.894. The molecule has 9 heteroatoms. The fourth-order valence-electron chi connectivity index (χ4n) is 4.38. The number of hydrogen-bond acceptors (Lipinski definition) is 6. The number of nitrogens with one attached hydrogen (secondary N) is 1. The third-order valence-corrected chi connectivity index (χ3v) is 8.31. The van der Waals surface area contributed by atoms with Crippen molar-refractivity contribution in [2.45, 2.75) is 49.8 Å². The number of amides is 1. The van der Waals surface area contributed by atoms with E-state index in [1.165, 1.54) is 36.4 Å². The zero-order chi connectivity index (χ0) is 23.8. The Hall–Kier alpha value is -2.49. The van der Waals surface area contributed by atoms with Crippen LogP contribution in [0.15, 0.2) is 47.5 Å². The third kappa shape index (κ3) is 6.55. The van der Waals surface area contributed by atoms with E-state index < -0.39 is 10.0 Å². The molecule has 2 fully saturated rings. The Balaban J connectivity index is 1.28. The van der Waals surface area contributed by atoms with Crippen molar-refractivity contribution in [1.29, 1.82) is 0 Å². The SMILES string of the molecule is O=C(CCc1ccc(S(=O)(=O)N2CCOCC2)cc1)Nc1ncccc1OCC1CCCCC1. The topological polar surface area (TPSA) is 97.8 Å². The normalized spacial score (nSPS) is 17.9. The molecule has 1 N–H and O–H groups in total. The Kier molecular flexibility index (Phi) is 8.53. The minimum Gasteiger partial charge on any atom is -0.489 e. The summed E-state index contributed by atoms with van der Waals surface area (Å²) < 4.78 is 38.2. The molecule has 0 spiro atoms. The number of rotatable bonds is 9. The second-order valence-electron chi connectivity index (χ2n) is 8.87. The number of morpholine rings is 1. The molecule has 2 aromatic rings. The molecule has 0 radical (unpaired) electrons.